The molecule has 4 rings (SSSR count). The van der Waals surface area contributed by atoms with Crippen LogP contribution in [0, 0.1) is 0 Å². The van der Waals surface area contributed by atoms with Gasteiger partial charge in [-0.3, -0.25) is 9.69 Å². The van der Waals surface area contributed by atoms with Crippen molar-refractivity contribution in [2.45, 2.75) is 6.54 Å². The highest BCUT2D eigenvalue weighted by molar-refractivity contribution is 7.13. The van der Waals surface area contributed by atoms with Crippen molar-refractivity contribution in [2.24, 2.45) is 0 Å². The normalized spacial score (nSPS) is 14.2. The first kappa shape index (κ1) is 22.2. The number of piperazine rings is 1. The molecule has 1 saturated heterocycles. The molecule has 0 bridgehead atoms. The Morgan fingerprint density at radius 2 is 1.86 bits per heavy atom. The maximum Gasteiger partial charge on any atom is 0.256 e. The Kier molecular flexibility index (Phi) is 7.82. The molecule has 1 amide bonds. The first-order chi connectivity index (χ1) is 12.7. The number of rotatable bonds is 4. The summed E-state index contributed by atoms with van der Waals surface area (Å²) in [7, 11) is 0. The number of halogens is 2. The van der Waals surface area contributed by atoms with E-state index in [-0.39, 0.29) is 30.7 Å². The van der Waals surface area contributed by atoms with Crippen LogP contribution in [0.1, 0.15) is 16.2 Å². The second-order valence-electron chi connectivity index (χ2n) is 6.14. The lowest BCUT2D eigenvalue weighted by atomic mass is 10.1. The third-order valence-corrected chi connectivity index (χ3v) is 5.29. The number of aromatic nitrogens is 2. The van der Waals surface area contributed by atoms with E-state index in [0.717, 1.165) is 18.0 Å². The van der Waals surface area contributed by atoms with Crippen LogP contribution < -0.4 is 5.73 Å². The van der Waals surface area contributed by atoms with Crippen molar-refractivity contribution in [3.63, 3.8) is 0 Å². The number of nitrogen functional groups attached to an aromatic ring is 1. The highest BCUT2D eigenvalue weighted by Crippen LogP contribution is 2.22. The SMILES string of the molecule is Cl.Cl.Nc1ccccc1C(=O)N1CCN(Cc2nc(-c3cccs3)no2)CC1. The van der Waals surface area contributed by atoms with Gasteiger partial charge in [-0.2, -0.15) is 4.98 Å². The number of benzene rings is 1. The zero-order chi connectivity index (χ0) is 17.9. The number of amides is 1. The van der Waals surface area contributed by atoms with Crippen LogP contribution in [0.4, 0.5) is 5.69 Å². The van der Waals surface area contributed by atoms with Gasteiger partial charge < -0.3 is 15.2 Å². The Hall–Kier alpha value is -2.13. The predicted octanol–water partition coefficient (Wildman–Crippen LogP) is 3.18. The summed E-state index contributed by atoms with van der Waals surface area (Å²) in [4.78, 5) is 22.1. The van der Waals surface area contributed by atoms with Gasteiger partial charge in [-0.25, -0.2) is 0 Å². The zero-order valence-corrected chi connectivity index (χ0v) is 17.4. The number of nitrogens with zero attached hydrogens (tertiary/aromatic N) is 4. The van der Waals surface area contributed by atoms with E-state index in [1.807, 2.05) is 34.5 Å². The van der Waals surface area contributed by atoms with Crippen molar-refractivity contribution in [2.75, 3.05) is 31.9 Å². The molecule has 0 spiro atoms. The minimum Gasteiger partial charge on any atom is -0.398 e. The lowest BCUT2D eigenvalue weighted by molar-refractivity contribution is 0.0616. The minimum absolute atomic E-state index is 0. The van der Waals surface area contributed by atoms with Gasteiger partial charge in [0.25, 0.3) is 5.91 Å². The monoisotopic (exact) mass is 441 g/mol. The number of anilines is 1. The lowest BCUT2D eigenvalue weighted by Crippen LogP contribution is -2.48. The Bertz CT molecular complexity index is 895. The number of hydrogen-bond acceptors (Lipinski definition) is 7. The molecule has 3 heterocycles. The van der Waals surface area contributed by atoms with Gasteiger partial charge in [-0.1, -0.05) is 23.4 Å². The number of carbonyl (C=O) groups excluding carboxylic acids is 1. The van der Waals surface area contributed by atoms with E-state index < -0.39 is 0 Å². The number of hydrogen-bond donors (Lipinski definition) is 1. The summed E-state index contributed by atoms with van der Waals surface area (Å²) < 4.78 is 5.36. The number of carbonyl (C=O) groups is 1. The van der Waals surface area contributed by atoms with Crippen molar-refractivity contribution in [1.29, 1.82) is 0 Å². The molecule has 1 aromatic carbocycles. The summed E-state index contributed by atoms with van der Waals surface area (Å²) in [6.07, 6.45) is 0. The average molecular weight is 442 g/mol. The number of thiophene rings is 1. The lowest BCUT2D eigenvalue weighted by Gasteiger charge is -2.34. The summed E-state index contributed by atoms with van der Waals surface area (Å²) in [5, 5.41) is 6.02. The van der Waals surface area contributed by atoms with Crippen LogP contribution >= 0.6 is 36.2 Å². The molecule has 0 aliphatic carbocycles. The van der Waals surface area contributed by atoms with E-state index in [0.29, 0.717) is 42.6 Å². The molecule has 0 radical (unpaired) electrons. The van der Waals surface area contributed by atoms with Gasteiger partial charge in [0.05, 0.1) is 17.0 Å². The Balaban J connectivity index is 0.00000140. The van der Waals surface area contributed by atoms with Crippen molar-refractivity contribution >= 4 is 47.7 Å². The largest absolute Gasteiger partial charge is 0.398 e. The van der Waals surface area contributed by atoms with Gasteiger partial charge in [-0.15, -0.1) is 36.2 Å². The molecule has 3 aromatic rings. The molecule has 1 aliphatic rings. The van der Waals surface area contributed by atoms with Gasteiger partial charge in [0, 0.05) is 31.9 Å². The molecule has 1 fully saturated rings. The van der Waals surface area contributed by atoms with Gasteiger partial charge in [0.15, 0.2) is 0 Å². The number of nitrogens with two attached hydrogens (primary N) is 1. The summed E-state index contributed by atoms with van der Waals surface area (Å²) in [5.74, 6) is 1.21. The molecule has 0 atom stereocenters. The predicted molar refractivity (Wildman–Crippen MR) is 114 cm³/mol. The quantitative estimate of drug-likeness (QED) is 0.625. The van der Waals surface area contributed by atoms with Crippen LogP contribution in [-0.2, 0) is 6.54 Å². The molecular weight excluding hydrogens is 421 g/mol. The Morgan fingerprint density at radius 1 is 1.11 bits per heavy atom. The van der Waals surface area contributed by atoms with Crippen LogP contribution in [0.15, 0.2) is 46.3 Å². The summed E-state index contributed by atoms with van der Waals surface area (Å²) in [6, 6.07) is 11.1. The van der Waals surface area contributed by atoms with E-state index in [1.165, 1.54) is 0 Å². The fourth-order valence-corrected chi connectivity index (χ4v) is 3.64. The average Bonchev–Trinajstić information content (AvgIpc) is 3.34. The minimum atomic E-state index is -0.0134. The maximum absolute atomic E-state index is 12.6. The fourth-order valence-electron chi connectivity index (χ4n) is 2.99. The third kappa shape index (κ3) is 4.82. The second-order valence-corrected chi connectivity index (χ2v) is 7.09. The molecular formula is C18H21Cl2N5O2S. The topological polar surface area (TPSA) is 88.5 Å². The Labute approximate surface area is 179 Å². The zero-order valence-electron chi connectivity index (χ0n) is 15.0. The van der Waals surface area contributed by atoms with Gasteiger partial charge in [0.2, 0.25) is 11.7 Å². The second kappa shape index (κ2) is 9.88. The van der Waals surface area contributed by atoms with E-state index in [1.54, 1.807) is 23.5 Å². The summed E-state index contributed by atoms with van der Waals surface area (Å²) in [5.41, 5.74) is 7.00. The fraction of sp³-hybridized carbons (Fsp3) is 0.278. The molecule has 7 nitrogen and oxygen atoms in total. The van der Waals surface area contributed by atoms with Crippen LogP contribution in [-0.4, -0.2) is 52.0 Å². The molecule has 28 heavy (non-hydrogen) atoms. The molecule has 1 aliphatic heterocycles. The molecule has 150 valence electrons. The molecule has 2 N–H and O–H groups in total. The smallest absolute Gasteiger partial charge is 0.256 e. The van der Waals surface area contributed by atoms with E-state index in [4.69, 9.17) is 10.3 Å². The first-order valence-electron chi connectivity index (χ1n) is 8.43. The molecule has 0 saturated carbocycles. The van der Waals surface area contributed by atoms with Crippen molar-refractivity contribution in [1.82, 2.24) is 19.9 Å². The maximum atomic E-state index is 12.6. The van der Waals surface area contributed by atoms with Crippen LogP contribution in [0.25, 0.3) is 10.7 Å². The first-order valence-corrected chi connectivity index (χ1v) is 9.31. The number of para-hydroxylation sites is 1. The highest BCUT2D eigenvalue weighted by atomic mass is 35.5. The standard InChI is InChI=1S/C18H19N5O2S.2ClH/c19-14-5-2-1-4-13(14)18(24)23-9-7-22(8-10-23)12-16-20-17(21-25-16)15-6-3-11-26-15;;/h1-6,11H,7-10,12,19H2;2*1H. The van der Waals surface area contributed by atoms with Crippen molar-refractivity contribution in [3.05, 3.63) is 53.2 Å². The van der Waals surface area contributed by atoms with E-state index in [2.05, 4.69) is 15.0 Å². The van der Waals surface area contributed by atoms with Crippen LogP contribution in [0.5, 0.6) is 0 Å². The van der Waals surface area contributed by atoms with E-state index >= 15 is 0 Å². The molecule has 2 aromatic heterocycles. The summed E-state index contributed by atoms with van der Waals surface area (Å²) >= 11 is 1.58. The van der Waals surface area contributed by atoms with Crippen molar-refractivity contribution < 1.29 is 9.32 Å². The molecule has 0 unspecified atom stereocenters. The van der Waals surface area contributed by atoms with Crippen LogP contribution in [0.2, 0.25) is 0 Å². The summed E-state index contributed by atoms with van der Waals surface area (Å²) in [6.45, 7) is 3.41. The highest BCUT2D eigenvalue weighted by Gasteiger charge is 2.24. The van der Waals surface area contributed by atoms with Gasteiger partial charge in [-0.05, 0) is 23.6 Å². The van der Waals surface area contributed by atoms with E-state index in [9.17, 15) is 4.79 Å². The third-order valence-electron chi connectivity index (χ3n) is 4.42. The van der Waals surface area contributed by atoms with Gasteiger partial charge in [0.1, 0.15) is 0 Å². The van der Waals surface area contributed by atoms with Crippen LogP contribution in [0.3, 0.4) is 0 Å². The van der Waals surface area contributed by atoms with Gasteiger partial charge >= 0.3 is 0 Å². The Morgan fingerprint density at radius 3 is 2.54 bits per heavy atom. The molecule has 10 heteroatoms. The van der Waals surface area contributed by atoms with Crippen molar-refractivity contribution in [3.8, 4) is 10.7 Å².